The number of thioether (sulfide) groups is 1. The highest BCUT2D eigenvalue weighted by Crippen LogP contribution is 2.22. The minimum Gasteiger partial charge on any atom is -0.361 e. The zero-order valence-electron chi connectivity index (χ0n) is 15.1. The fraction of sp³-hybridized carbons (Fsp3) is 0.143. The van der Waals surface area contributed by atoms with E-state index in [2.05, 4.69) is 26.9 Å². The molecule has 28 heavy (non-hydrogen) atoms. The van der Waals surface area contributed by atoms with Gasteiger partial charge in [-0.3, -0.25) is 20.4 Å². The molecule has 0 aliphatic heterocycles. The zero-order chi connectivity index (χ0) is 19.3. The molecule has 0 unspecified atom stereocenters. The van der Waals surface area contributed by atoms with Gasteiger partial charge < -0.3 is 9.97 Å². The average molecular weight is 392 g/mol. The van der Waals surface area contributed by atoms with Crippen molar-refractivity contribution in [2.75, 3.05) is 5.75 Å². The molecule has 2 amide bonds. The number of hydrogen-bond acceptors (Lipinski definition) is 3. The van der Waals surface area contributed by atoms with Crippen LogP contribution < -0.4 is 10.9 Å². The maximum absolute atomic E-state index is 12.2. The molecule has 4 aromatic rings. The summed E-state index contributed by atoms with van der Waals surface area (Å²) in [5, 5.41) is 2.16. The summed E-state index contributed by atoms with van der Waals surface area (Å²) in [5.41, 5.74) is 8.57. The molecule has 4 rings (SSSR count). The van der Waals surface area contributed by atoms with E-state index in [0.717, 1.165) is 22.2 Å². The number of hydrogen-bond donors (Lipinski definition) is 4. The smallest absolute Gasteiger partial charge is 0.286 e. The number of aromatic nitrogens is 2. The van der Waals surface area contributed by atoms with Crippen LogP contribution in [0.5, 0.6) is 0 Å². The van der Waals surface area contributed by atoms with Gasteiger partial charge in [0.2, 0.25) is 5.91 Å². The van der Waals surface area contributed by atoms with Crippen LogP contribution >= 0.6 is 11.8 Å². The fourth-order valence-electron chi connectivity index (χ4n) is 3.05. The highest BCUT2D eigenvalue weighted by atomic mass is 32.2. The third-order valence-electron chi connectivity index (χ3n) is 4.50. The Balaban J connectivity index is 1.21. The number of carbonyl (C=O) groups is 2. The van der Waals surface area contributed by atoms with E-state index in [4.69, 9.17) is 0 Å². The highest BCUT2D eigenvalue weighted by molar-refractivity contribution is 7.98. The molecule has 4 N–H and O–H groups in total. The largest absolute Gasteiger partial charge is 0.361 e. The molecule has 6 nitrogen and oxygen atoms in total. The van der Waals surface area contributed by atoms with Crippen molar-refractivity contribution in [1.29, 1.82) is 0 Å². The first-order chi connectivity index (χ1) is 13.7. The molecule has 142 valence electrons. The minimum absolute atomic E-state index is 0.212. The van der Waals surface area contributed by atoms with Gasteiger partial charge in [-0.2, -0.15) is 11.8 Å². The second kappa shape index (κ2) is 8.22. The summed E-state index contributed by atoms with van der Waals surface area (Å²) in [5.74, 6) is 0.929. The maximum atomic E-state index is 12.2. The Morgan fingerprint density at radius 2 is 1.75 bits per heavy atom. The molecular weight excluding hydrogens is 372 g/mol. The summed E-state index contributed by atoms with van der Waals surface area (Å²) < 4.78 is 0. The Bertz CT molecular complexity index is 1100. The van der Waals surface area contributed by atoms with E-state index in [-0.39, 0.29) is 11.8 Å². The van der Waals surface area contributed by atoms with Crippen LogP contribution in [0.1, 0.15) is 22.5 Å². The van der Waals surface area contributed by atoms with Crippen LogP contribution in [-0.4, -0.2) is 27.5 Å². The van der Waals surface area contributed by atoms with Gasteiger partial charge >= 0.3 is 0 Å². The van der Waals surface area contributed by atoms with E-state index in [0.29, 0.717) is 17.9 Å². The summed E-state index contributed by atoms with van der Waals surface area (Å²) in [6, 6.07) is 17.6. The Morgan fingerprint density at radius 1 is 0.964 bits per heavy atom. The van der Waals surface area contributed by atoms with Crippen molar-refractivity contribution in [2.24, 2.45) is 0 Å². The molecular formula is C21H20N4O2S. The molecule has 0 saturated carbocycles. The molecule has 0 atom stereocenters. The Morgan fingerprint density at radius 3 is 2.61 bits per heavy atom. The number of hydrazine groups is 1. The number of rotatable bonds is 6. The van der Waals surface area contributed by atoms with Gasteiger partial charge in [-0.15, -0.1) is 0 Å². The predicted octanol–water partition coefficient (Wildman–Crippen LogP) is 3.73. The number of benzene rings is 2. The monoisotopic (exact) mass is 392 g/mol. The van der Waals surface area contributed by atoms with Gasteiger partial charge in [-0.1, -0.05) is 36.4 Å². The molecule has 2 aromatic heterocycles. The van der Waals surface area contributed by atoms with Gasteiger partial charge in [0.25, 0.3) is 5.91 Å². The topological polar surface area (TPSA) is 89.8 Å². The molecule has 0 aliphatic rings. The lowest BCUT2D eigenvalue weighted by Gasteiger charge is -2.06. The van der Waals surface area contributed by atoms with Crippen molar-refractivity contribution >= 4 is 45.4 Å². The summed E-state index contributed by atoms with van der Waals surface area (Å²) in [6.07, 6.45) is 2.35. The number of nitrogens with one attached hydrogen (secondary N) is 4. The number of carbonyl (C=O) groups excluding carboxylic acids is 2. The normalized spacial score (nSPS) is 11.0. The van der Waals surface area contributed by atoms with Crippen molar-refractivity contribution < 1.29 is 9.59 Å². The van der Waals surface area contributed by atoms with Gasteiger partial charge in [0.1, 0.15) is 5.69 Å². The number of fused-ring (bicyclic) bond motifs is 2. The van der Waals surface area contributed by atoms with Gasteiger partial charge in [-0.25, -0.2) is 0 Å². The number of H-pyrrole nitrogens is 2. The van der Waals surface area contributed by atoms with E-state index in [1.807, 2.05) is 48.7 Å². The van der Waals surface area contributed by atoms with Crippen LogP contribution in [0.25, 0.3) is 21.8 Å². The molecule has 7 heteroatoms. The van der Waals surface area contributed by atoms with Crippen molar-refractivity contribution in [3.8, 4) is 0 Å². The van der Waals surface area contributed by atoms with Crippen molar-refractivity contribution in [3.63, 3.8) is 0 Å². The van der Waals surface area contributed by atoms with Gasteiger partial charge in [0.05, 0.1) is 0 Å². The minimum atomic E-state index is -0.365. The fourth-order valence-corrected chi connectivity index (χ4v) is 3.98. The molecule has 2 heterocycles. The molecule has 0 spiro atoms. The predicted molar refractivity (Wildman–Crippen MR) is 113 cm³/mol. The van der Waals surface area contributed by atoms with Crippen LogP contribution in [-0.2, 0) is 10.5 Å². The van der Waals surface area contributed by atoms with Crippen LogP contribution in [0, 0.1) is 0 Å². The summed E-state index contributed by atoms with van der Waals surface area (Å²) in [4.78, 5) is 30.4. The van der Waals surface area contributed by atoms with Gasteiger partial charge in [-0.05, 0) is 23.8 Å². The lowest BCUT2D eigenvalue weighted by molar-refractivity contribution is -0.121. The second-order valence-corrected chi connectivity index (χ2v) is 7.54. The number of aromatic amines is 2. The lowest BCUT2D eigenvalue weighted by Crippen LogP contribution is -2.41. The standard InChI is InChI=1S/C21H20N4O2S/c26-20(9-10-28-13-15-12-22-18-8-4-2-6-16(15)18)24-25-21(27)19-11-14-5-1-3-7-17(14)23-19/h1-8,11-12,22-23H,9-10,13H2,(H,24,26)(H,25,27). The SMILES string of the molecule is O=C(CCSCc1c[nH]c2ccccc12)NNC(=O)c1cc2ccccc2[nH]1. The molecule has 2 aromatic carbocycles. The molecule has 0 fully saturated rings. The number of para-hydroxylation sites is 2. The first-order valence-corrected chi connectivity index (χ1v) is 10.2. The molecule has 0 aliphatic carbocycles. The third-order valence-corrected chi connectivity index (χ3v) is 5.50. The Kier molecular flexibility index (Phi) is 5.34. The van der Waals surface area contributed by atoms with Crippen molar-refractivity contribution in [1.82, 2.24) is 20.8 Å². The summed E-state index contributed by atoms with van der Waals surface area (Å²) >= 11 is 1.69. The van der Waals surface area contributed by atoms with E-state index in [1.54, 1.807) is 17.8 Å². The summed E-state index contributed by atoms with van der Waals surface area (Å²) in [7, 11) is 0. The lowest BCUT2D eigenvalue weighted by atomic mass is 10.2. The van der Waals surface area contributed by atoms with E-state index in [1.165, 1.54) is 10.9 Å². The summed E-state index contributed by atoms with van der Waals surface area (Å²) in [6.45, 7) is 0. The van der Waals surface area contributed by atoms with Crippen molar-refractivity contribution in [3.05, 3.63) is 72.1 Å². The first-order valence-electron chi connectivity index (χ1n) is 9.00. The van der Waals surface area contributed by atoms with Crippen LogP contribution in [0.3, 0.4) is 0 Å². The van der Waals surface area contributed by atoms with Gasteiger partial charge in [0, 0.05) is 45.9 Å². The van der Waals surface area contributed by atoms with Crippen LogP contribution in [0.15, 0.2) is 60.8 Å². The van der Waals surface area contributed by atoms with E-state index in [9.17, 15) is 9.59 Å². The Hall–Kier alpha value is -3.19. The average Bonchev–Trinajstić information content (AvgIpc) is 3.33. The second-order valence-electron chi connectivity index (χ2n) is 6.43. The van der Waals surface area contributed by atoms with Gasteiger partial charge in [0.15, 0.2) is 0 Å². The third kappa shape index (κ3) is 4.04. The Labute approximate surface area is 166 Å². The highest BCUT2D eigenvalue weighted by Gasteiger charge is 2.10. The van der Waals surface area contributed by atoms with Crippen molar-refractivity contribution in [2.45, 2.75) is 12.2 Å². The number of amides is 2. The molecule has 0 saturated heterocycles. The molecule has 0 bridgehead atoms. The molecule has 0 radical (unpaired) electrons. The van der Waals surface area contributed by atoms with E-state index < -0.39 is 0 Å². The van der Waals surface area contributed by atoms with E-state index >= 15 is 0 Å². The van der Waals surface area contributed by atoms with Crippen LogP contribution in [0.4, 0.5) is 0 Å². The quantitative estimate of drug-likeness (QED) is 0.298. The first kappa shape index (κ1) is 18.2. The maximum Gasteiger partial charge on any atom is 0.286 e. The van der Waals surface area contributed by atoms with Crippen LogP contribution in [0.2, 0.25) is 0 Å². The zero-order valence-corrected chi connectivity index (χ0v) is 15.9.